The predicted molar refractivity (Wildman–Crippen MR) is 146 cm³/mol. The average Bonchev–Trinajstić information content (AvgIpc) is 3.51. The number of tetrazole rings is 1. The fourth-order valence-corrected chi connectivity index (χ4v) is 5.64. The zero-order chi connectivity index (χ0) is 25.5. The molecule has 0 bridgehead atoms. The van der Waals surface area contributed by atoms with Crippen molar-refractivity contribution in [2.45, 2.75) is 52.2 Å². The van der Waals surface area contributed by atoms with Crippen LogP contribution in [0.15, 0.2) is 77.6 Å². The van der Waals surface area contributed by atoms with Crippen molar-refractivity contribution in [2.75, 3.05) is 4.90 Å². The van der Waals surface area contributed by atoms with Gasteiger partial charge in [-0.25, -0.2) is 4.68 Å². The Balaban J connectivity index is 1.52. The Kier molecular flexibility index (Phi) is 5.83. The van der Waals surface area contributed by atoms with Crippen molar-refractivity contribution in [3.05, 3.63) is 117 Å². The Labute approximate surface area is 215 Å². The number of pyridine rings is 1. The molecule has 3 heterocycles. The van der Waals surface area contributed by atoms with Crippen LogP contribution >= 0.6 is 0 Å². The van der Waals surface area contributed by atoms with Crippen molar-refractivity contribution < 1.29 is 0 Å². The summed E-state index contributed by atoms with van der Waals surface area (Å²) < 4.78 is 1.86. The average molecular weight is 491 g/mol. The molecule has 0 saturated heterocycles. The molecule has 0 spiro atoms. The smallest absolute Gasteiger partial charge is 0.254 e. The third kappa shape index (κ3) is 4.10. The molecule has 1 N–H and O–H groups in total. The van der Waals surface area contributed by atoms with Gasteiger partial charge in [-0.05, 0) is 78.4 Å². The third-order valence-electron chi connectivity index (χ3n) is 7.56. The van der Waals surface area contributed by atoms with Crippen LogP contribution in [0.4, 0.5) is 5.69 Å². The molecule has 5 aromatic rings. The Morgan fingerprint density at radius 2 is 1.76 bits per heavy atom. The number of fused-ring (bicyclic) bond motifs is 2. The van der Waals surface area contributed by atoms with Gasteiger partial charge in [0.25, 0.3) is 5.56 Å². The van der Waals surface area contributed by atoms with Crippen LogP contribution in [0, 0.1) is 13.8 Å². The first-order chi connectivity index (χ1) is 18.0. The first-order valence-electron chi connectivity index (χ1n) is 12.8. The van der Waals surface area contributed by atoms with E-state index in [2.05, 4.69) is 81.7 Å². The summed E-state index contributed by atoms with van der Waals surface area (Å²) >= 11 is 0. The van der Waals surface area contributed by atoms with Crippen molar-refractivity contribution in [1.82, 2.24) is 25.2 Å². The highest BCUT2D eigenvalue weighted by Crippen LogP contribution is 2.40. The number of hydrogen-bond donors (Lipinski definition) is 1. The van der Waals surface area contributed by atoms with Crippen LogP contribution in [0.5, 0.6) is 0 Å². The molecule has 0 amide bonds. The third-order valence-corrected chi connectivity index (χ3v) is 7.56. The summed E-state index contributed by atoms with van der Waals surface area (Å²) in [6.45, 7) is 6.93. The second-order valence-electron chi connectivity index (χ2n) is 10.0. The predicted octanol–water partition coefficient (Wildman–Crippen LogP) is 4.91. The fraction of sp³-hybridized carbons (Fsp3) is 0.267. The van der Waals surface area contributed by atoms with E-state index in [9.17, 15) is 4.79 Å². The maximum Gasteiger partial charge on any atom is 0.254 e. The minimum Gasteiger partial charge on any atom is -0.354 e. The number of aromatic nitrogens is 5. The lowest BCUT2D eigenvalue weighted by Gasteiger charge is -2.33. The van der Waals surface area contributed by atoms with Crippen molar-refractivity contribution >= 4 is 16.6 Å². The second-order valence-corrected chi connectivity index (χ2v) is 10.0. The van der Waals surface area contributed by atoms with Crippen molar-refractivity contribution in [1.29, 1.82) is 0 Å². The van der Waals surface area contributed by atoms with Gasteiger partial charge in [-0.3, -0.25) is 4.79 Å². The molecule has 186 valence electrons. The summed E-state index contributed by atoms with van der Waals surface area (Å²) in [5.74, 6) is 0.676. The molecule has 0 radical (unpaired) electrons. The van der Waals surface area contributed by atoms with E-state index in [0.717, 1.165) is 40.6 Å². The lowest BCUT2D eigenvalue weighted by Crippen LogP contribution is -2.39. The molecule has 2 aromatic heterocycles. The van der Waals surface area contributed by atoms with Gasteiger partial charge in [0.15, 0.2) is 5.82 Å². The molecule has 2 atom stereocenters. The van der Waals surface area contributed by atoms with Gasteiger partial charge in [-0.1, -0.05) is 60.7 Å². The number of hydrogen-bond acceptors (Lipinski definition) is 5. The fourth-order valence-electron chi connectivity index (χ4n) is 5.64. The van der Waals surface area contributed by atoms with Crippen LogP contribution in [0.1, 0.15) is 46.6 Å². The number of rotatable bonds is 6. The first-order valence-corrected chi connectivity index (χ1v) is 12.8. The minimum atomic E-state index is -0.433. The van der Waals surface area contributed by atoms with Gasteiger partial charge in [0.05, 0.1) is 5.52 Å². The highest BCUT2D eigenvalue weighted by atomic mass is 16.1. The number of aryl methyl sites for hydroxylation is 4. The van der Waals surface area contributed by atoms with Gasteiger partial charge in [-0.15, -0.1) is 5.10 Å². The zero-order valence-electron chi connectivity index (χ0n) is 21.3. The van der Waals surface area contributed by atoms with E-state index >= 15 is 0 Å². The Morgan fingerprint density at radius 3 is 2.59 bits per heavy atom. The van der Waals surface area contributed by atoms with E-state index in [-0.39, 0.29) is 11.6 Å². The Bertz CT molecular complexity index is 1640. The highest BCUT2D eigenvalue weighted by molar-refractivity contribution is 5.85. The number of benzene rings is 3. The summed E-state index contributed by atoms with van der Waals surface area (Å²) in [6, 6.07) is 24.7. The van der Waals surface area contributed by atoms with E-state index in [1.54, 1.807) is 0 Å². The van der Waals surface area contributed by atoms with Crippen LogP contribution in [0.3, 0.4) is 0 Å². The lowest BCUT2D eigenvalue weighted by molar-refractivity contribution is 0.519. The van der Waals surface area contributed by atoms with Crippen molar-refractivity contribution in [3.8, 4) is 0 Å². The van der Waals surface area contributed by atoms with E-state index < -0.39 is 6.04 Å². The maximum atomic E-state index is 13.7. The van der Waals surface area contributed by atoms with E-state index in [1.807, 2.05) is 41.9 Å². The normalized spacial score (nSPS) is 15.8. The van der Waals surface area contributed by atoms with Gasteiger partial charge < -0.3 is 9.88 Å². The number of anilines is 1. The van der Waals surface area contributed by atoms with Gasteiger partial charge in [-0.2, -0.15) is 0 Å². The van der Waals surface area contributed by atoms with Crippen LogP contribution in [-0.2, 0) is 19.4 Å². The molecular weight excluding hydrogens is 460 g/mol. The van der Waals surface area contributed by atoms with Crippen LogP contribution in [-0.4, -0.2) is 31.2 Å². The van der Waals surface area contributed by atoms with E-state index in [0.29, 0.717) is 17.9 Å². The summed E-state index contributed by atoms with van der Waals surface area (Å²) in [5.41, 5.74) is 7.20. The van der Waals surface area contributed by atoms with Gasteiger partial charge in [0.2, 0.25) is 0 Å². The van der Waals surface area contributed by atoms with Crippen molar-refractivity contribution in [2.24, 2.45) is 0 Å². The topological polar surface area (TPSA) is 79.7 Å². The number of para-hydroxylation sites is 1. The van der Waals surface area contributed by atoms with Gasteiger partial charge in [0, 0.05) is 29.2 Å². The number of nitrogens with zero attached hydrogens (tertiary/aromatic N) is 5. The second kappa shape index (κ2) is 9.32. The van der Waals surface area contributed by atoms with Crippen LogP contribution < -0.4 is 10.5 Å². The van der Waals surface area contributed by atoms with E-state index in [1.165, 1.54) is 11.1 Å². The molecule has 6 rings (SSSR count). The quantitative estimate of drug-likeness (QED) is 0.366. The summed E-state index contributed by atoms with van der Waals surface area (Å²) in [6.07, 6.45) is 1.70. The largest absolute Gasteiger partial charge is 0.354 e. The SMILES string of the molecule is Cc1ccc(C)c2[nH]c(=O)c([C@H](c3nnnn3CCc3ccccc3)N3c4ccccc4C[C@@H]3C)cc12. The number of aromatic amines is 1. The summed E-state index contributed by atoms with van der Waals surface area (Å²) in [5, 5.41) is 14.0. The van der Waals surface area contributed by atoms with Gasteiger partial charge >= 0.3 is 0 Å². The van der Waals surface area contributed by atoms with Crippen molar-refractivity contribution in [3.63, 3.8) is 0 Å². The Hall–Kier alpha value is -4.26. The molecule has 0 saturated carbocycles. The van der Waals surface area contributed by atoms with E-state index in [4.69, 9.17) is 0 Å². The molecule has 1 aliphatic heterocycles. The molecule has 37 heavy (non-hydrogen) atoms. The highest BCUT2D eigenvalue weighted by Gasteiger charge is 2.37. The standard InChI is InChI=1S/C30H30N6O/c1-19-13-14-20(2)27-24(19)18-25(30(37)31-27)28(36-21(3)17-23-11-7-8-12-26(23)36)29-32-33-34-35(29)16-15-22-9-5-4-6-10-22/h4-14,18,21,28H,15-17H2,1-3H3,(H,31,37)/t21-,28+/m0/s1. The maximum absolute atomic E-state index is 13.7. The van der Waals surface area contributed by atoms with Crippen LogP contribution in [0.25, 0.3) is 10.9 Å². The molecule has 0 unspecified atom stereocenters. The zero-order valence-corrected chi connectivity index (χ0v) is 21.3. The van der Waals surface area contributed by atoms with Gasteiger partial charge in [0.1, 0.15) is 6.04 Å². The first kappa shape index (κ1) is 23.2. The monoisotopic (exact) mass is 490 g/mol. The molecule has 7 heteroatoms. The molecule has 1 aliphatic rings. The minimum absolute atomic E-state index is 0.111. The number of H-pyrrole nitrogens is 1. The lowest BCUT2D eigenvalue weighted by atomic mass is 9.99. The Morgan fingerprint density at radius 1 is 1.00 bits per heavy atom. The molecule has 0 aliphatic carbocycles. The molecule has 3 aromatic carbocycles. The molecule has 7 nitrogen and oxygen atoms in total. The molecule has 0 fully saturated rings. The summed E-state index contributed by atoms with van der Waals surface area (Å²) in [7, 11) is 0. The number of nitrogens with one attached hydrogen (secondary N) is 1. The summed E-state index contributed by atoms with van der Waals surface area (Å²) in [4.78, 5) is 19.2. The molecular formula is C30H30N6O. The van der Waals surface area contributed by atoms with Crippen LogP contribution in [0.2, 0.25) is 0 Å².